The van der Waals surface area contributed by atoms with Gasteiger partial charge >= 0.3 is 0 Å². The summed E-state index contributed by atoms with van der Waals surface area (Å²) >= 11 is 0. The SMILES string of the molecule is Cc1ccccc1Oc1cnn(C(C)C)c1. The van der Waals surface area contributed by atoms with E-state index < -0.39 is 0 Å². The summed E-state index contributed by atoms with van der Waals surface area (Å²) < 4.78 is 7.64. The van der Waals surface area contributed by atoms with E-state index in [1.165, 1.54) is 0 Å². The zero-order valence-corrected chi connectivity index (χ0v) is 9.84. The van der Waals surface area contributed by atoms with Crippen LogP contribution in [0.15, 0.2) is 36.7 Å². The molecule has 0 N–H and O–H groups in total. The Morgan fingerprint density at radius 1 is 1.25 bits per heavy atom. The van der Waals surface area contributed by atoms with Crippen molar-refractivity contribution in [2.45, 2.75) is 26.8 Å². The van der Waals surface area contributed by atoms with E-state index in [1.807, 2.05) is 42.1 Å². The van der Waals surface area contributed by atoms with E-state index in [0.29, 0.717) is 6.04 Å². The summed E-state index contributed by atoms with van der Waals surface area (Å²) in [6, 6.07) is 8.31. The quantitative estimate of drug-likeness (QED) is 0.784. The van der Waals surface area contributed by atoms with Crippen LogP contribution in [0.1, 0.15) is 25.5 Å². The fourth-order valence-electron chi connectivity index (χ4n) is 1.45. The van der Waals surface area contributed by atoms with Crippen molar-refractivity contribution in [3.8, 4) is 11.5 Å². The lowest BCUT2D eigenvalue weighted by Gasteiger charge is -2.06. The van der Waals surface area contributed by atoms with Gasteiger partial charge in [-0.3, -0.25) is 4.68 Å². The van der Waals surface area contributed by atoms with Crippen LogP contribution in [-0.4, -0.2) is 9.78 Å². The number of hydrogen-bond donors (Lipinski definition) is 0. The minimum absolute atomic E-state index is 0.356. The van der Waals surface area contributed by atoms with Gasteiger partial charge in [0.25, 0.3) is 0 Å². The monoisotopic (exact) mass is 216 g/mol. The van der Waals surface area contributed by atoms with E-state index in [0.717, 1.165) is 17.1 Å². The molecule has 0 bridgehead atoms. The largest absolute Gasteiger partial charge is 0.454 e. The van der Waals surface area contributed by atoms with Gasteiger partial charge in [0.2, 0.25) is 0 Å². The Morgan fingerprint density at radius 2 is 2.00 bits per heavy atom. The van der Waals surface area contributed by atoms with Crippen LogP contribution in [0.3, 0.4) is 0 Å². The normalized spacial score (nSPS) is 10.8. The molecule has 1 heterocycles. The molecule has 16 heavy (non-hydrogen) atoms. The van der Waals surface area contributed by atoms with Crippen molar-refractivity contribution in [2.24, 2.45) is 0 Å². The Kier molecular flexibility index (Phi) is 2.95. The molecule has 0 radical (unpaired) electrons. The highest BCUT2D eigenvalue weighted by atomic mass is 16.5. The molecular formula is C13H16N2O. The molecule has 0 aliphatic rings. The van der Waals surface area contributed by atoms with Gasteiger partial charge in [0.05, 0.1) is 12.4 Å². The third-order valence-electron chi connectivity index (χ3n) is 2.43. The van der Waals surface area contributed by atoms with E-state index >= 15 is 0 Å². The smallest absolute Gasteiger partial charge is 0.165 e. The summed E-state index contributed by atoms with van der Waals surface area (Å²) in [6.45, 7) is 6.21. The van der Waals surface area contributed by atoms with Crippen LogP contribution >= 0.6 is 0 Å². The van der Waals surface area contributed by atoms with Crippen LogP contribution in [-0.2, 0) is 0 Å². The standard InChI is InChI=1S/C13H16N2O/c1-10(2)15-9-12(8-14-15)16-13-7-5-4-6-11(13)3/h4-10H,1-3H3. The zero-order valence-electron chi connectivity index (χ0n) is 9.84. The number of hydrogen-bond acceptors (Lipinski definition) is 2. The summed E-state index contributed by atoms with van der Waals surface area (Å²) in [7, 11) is 0. The summed E-state index contributed by atoms with van der Waals surface area (Å²) in [5.41, 5.74) is 1.12. The predicted molar refractivity (Wildman–Crippen MR) is 63.9 cm³/mol. The van der Waals surface area contributed by atoms with Crippen molar-refractivity contribution in [1.82, 2.24) is 9.78 Å². The van der Waals surface area contributed by atoms with Gasteiger partial charge in [0.1, 0.15) is 5.75 Å². The number of nitrogens with zero attached hydrogens (tertiary/aromatic N) is 2. The molecule has 1 aromatic heterocycles. The first-order valence-electron chi connectivity index (χ1n) is 5.44. The molecule has 0 fully saturated rings. The molecular weight excluding hydrogens is 200 g/mol. The van der Waals surface area contributed by atoms with Gasteiger partial charge in [-0.1, -0.05) is 18.2 Å². The van der Waals surface area contributed by atoms with E-state index in [9.17, 15) is 0 Å². The molecule has 3 heteroatoms. The third-order valence-corrected chi connectivity index (χ3v) is 2.43. The van der Waals surface area contributed by atoms with Gasteiger partial charge in [-0.2, -0.15) is 5.10 Å². The van der Waals surface area contributed by atoms with Crippen molar-refractivity contribution in [3.63, 3.8) is 0 Å². The predicted octanol–water partition coefficient (Wildman–Crippen LogP) is 3.56. The lowest BCUT2D eigenvalue weighted by Crippen LogP contribution is -1.99. The number of aromatic nitrogens is 2. The first-order chi connectivity index (χ1) is 7.66. The molecule has 0 amide bonds. The molecule has 0 aliphatic carbocycles. The van der Waals surface area contributed by atoms with Gasteiger partial charge in [0, 0.05) is 6.04 Å². The molecule has 0 saturated carbocycles. The lowest BCUT2D eigenvalue weighted by atomic mass is 10.2. The number of benzene rings is 1. The van der Waals surface area contributed by atoms with Crippen molar-refractivity contribution >= 4 is 0 Å². The minimum atomic E-state index is 0.356. The summed E-state index contributed by atoms with van der Waals surface area (Å²) in [5, 5.41) is 4.23. The van der Waals surface area contributed by atoms with Crippen LogP contribution < -0.4 is 4.74 Å². The van der Waals surface area contributed by atoms with Gasteiger partial charge in [-0.15, -0.1) is 0 Å². The first-order valence-corrected chi connectivity index (χ1v) is 5.44. The van der Waals surface area contributed by atoms with E-state index in [4.69, 9.17) is 4.74 Å². The average molecular weight is 216 g/mol. The maximum absolute atomic E-state index is 5.76. The topological polar surface area (TPSA) is 27.1 Å². The maximum atomic E-state index is 5.76. The molecule has 1 aromatic carbocycles. The second-order valence-corrected chi connectivity index (χ2v) is 4.12. The number of para-hydroxylation sites is 1. The Labute approximate surface area is 95.7 Å². The second kappa shape index (κ2) is 4.39. The van der Waals surface area contributed by atoms with Crippen molar-refractivity contribution < 1.29 is 4.74 Å². The zero-order chi connectivity index (χ0) is 11.5. The molecule has 2 rings (SSSR count). The van der Waals surface area contributed by atoms with E-state index in [-0.39, 0.29) is 0 Å². The lowest BCUT2D eigenvalue weighted by molar-refractivity contribution is 0.474. The Hall–Kier alpha value is -1.77. The first kappa shape index (κ1) is 10.7. The maximum Gasteiger partial charge on any atom is 0.165 e. The number of rotatable bonds is 3. The Balaban J connectivity index is 2.18. The van der Waals surface area contributed by atoms with Crippen molar-refractivity contribution in [1.29, 1.82) is 0 Å². The number of aryl methyl sites for hydroxylation is 1. The highest BCUT2D eigenvalue weighted by Crippen LogP contribution is 2.24. The van der Waals surface area contributed by atoms with E-state index in [1.54, 1.807) is 6.20 Å². The highest BCUT2D eigenvalue weighted by molar-refractivity contribution is 5.35. The molecule has 0 aliphatic heterocycles. The van der Waals surface area contributed by atoms with Crippen LogP contribution in [0.5, 0.6) is 11.5 Å². The highest BCUT2D eigenvalue weighted by Gasteiger charge is 2.04. The molecule has 3 nitrogen and oxygen atoms in total. The Bertz CT molecular complexity index is 474. The molecule has 84 valence electrons. The summed E-state index contributed by atoms with van der Waals surface area (Å²) in [6.07, 6.45) is 3.66. The molecule has 2 aromatic rings. The molecule has 0 atom stereocenters. The molecule has 0 unspecified atom stereocenters. The van der Waals surface area contributed by atoms with Crippen molar-refractivity contribution in [2.75, 3.05) is 0 Å². The van der Waals surface area contributed by atoms with Crippen LogP contribution in [0.4, 0.5) is 0 Å². The summed E-state index contributed by atoms with van der Waals surface area (Å²) in [5.74, 6) is 1.66. The molecule has 0 spiro atoms. The van der Waals surface area contributed by atoms with Gasteiger partial charge in [0.15, 0.2) is 5.75 Å². The van der Waals surface area contributed by atoms with Gasteiger partial charge < -0.3 is 4.74 Å². The van der Waals surface area contributed by atoms with Crippen LogP contribution in [0.25, 0.3) is 0 Å². The third kappa shape index (κ3) is 2.24. The van der Waals surface area contributed by atoms with Gasteiger partial charge in [-0.05, 0) is 32.4 Å². The Morgan fingerprint density at radius 3 is 2.62 bits per heavy atom. The average Bonchev–Trinajstić information content (AvgIpc) is 2.70. The van der Waals surface area contributed by atoms with Crippen LogP contribution in [0.2, 0.25) is 0 Å². The summed E-state index contributed by atoms with van der Waals surface area (Å²) in [4.78, 5) is 0. The fourth-order valence-corrected chi connectivity index (χ4v) is 1.45. The van der Waals surface area contributed by atoms with E-state index in [2.05, 4.69) is 18.9 Å². The van der Waals surface area contributed by atoms with Crippen LogP contribution in [0, 0.1) is 6.92 Å². The fraction of sp³-hybridized carbons (Fsp3) is 0.308. The molecule has 0 saturated heterocycles. The van der Waals surface area contributed by atoms with Crippen molar-refractivity contribution in [3.05, 3.63) is 42.2 Å². The minimum Gasteiger partial charge on any atom is -0.454 e. The van der Waals surface area contributed by atoms with Gasteiger partial charge in [-0.25, -0.2) is 0 Å². The second-order valence-electron chi connectivity index (χ2n) is 4.12. The number of ether oxygens (including phenoxy) is 1.